The monoisotopic (exact) mass is 228 g/mol. The quantitative estimate of drug-likeness (QED) is 0.487. The highest BCUT2D eigenvalue weighted by Gasteiger charge is 2.15. The molecule has 0 aromatic heterocycles. The summed E-state index contributed by atoms with van der Waals surface area (Å²) in [6, 6.07) is 9.05. The molecule has 76 valence electrons. The molecule has 1 amide bonds. The van der Waals surface area contributed by atoms with E-state index in [1.165, 1.54) is 16.4 Å². The van der Waals surface area contributed by atoms with Gasteiger partial charge in [-0.05, 0) is 31.2 Å². The summed E-state index contributed by atoms with van der Waals surface area (Å²) >= 11 is 5.52. The van der Waals surface area contributed by atoms with Crippen molar-refractivity contribution in [2.45, 2.75) is 0 Å². The zero-order valence-corrected chi connectivity index (χ0v) is 9.76. The molecule has 0 heterocycles. The fourth-order valence-electron chi connectivity index (χ4n) is 0.901. The lowest BCUT2D eigenvalue weighted by atomic mass is 10.2. The van der Waals surface area contributed by atoms with Gasteiger partial charge >= 0.3 is 0 Å². The van der Waals surface area contributed by atoms with Gasteiger partial charge in [0.05, 0.1) is 0 Å². The second kappa shape index (κ2) is 5.29. The Bertz CT molecular complexity index is 305. The van der Waals surface area contributed by atoms with Gasteiger partial charge in [0.15, 0.2) is 0 Å². The maximum Gasteiger partial charge on any atom is 0.279 e. The number of thiol groups is 1. The maximum atomic E-state index is 11.7. The van der Waals surface area contributed by atoms with E-state index in [4.69, 9.17) is 0 Å². The summed E-state index contributed by atoms with van der Waals surface area (Å²) in [5.74, 6) is -0.134. The first kappa shape index (κ1) is 11.4. The largest absolute Gasteiger partial charge is 0.279 e. The van der Waals surface area contributed by atoms with Crippen LogP contribution in [0.15, 0.2) is 30.3 Å². The van der Waals surface area contributed by atoms with Gasteiger partial charge in [-0.25, -0.2) is 4.41 Å². The molecule has 0 unspecified atom stereocenters. The van der Waals surface area contributed by atoms with Crippen molar-refractivity contribution < 1.29 is 4.79 Å². The highest BCUT2D eigenvalue weighted by Crippen LogP contribution is 2.13. The minimum absolute atomic E-state index is 0.134. The Balaban J connectivity index is 2.76. The van der Waals surface area contributed by atoms with E-state index >= 15 is 0 Å². The molecule has 0 aliphatic rings. The molecule has 0 saturated heterocycles. The van der Waals surface area contributed by atoms with Gasteiger partial charge in [-0.3, -0.25) is 4.79 Å². The highest BCUT2D eigenvalue weighted by atomic mass is 32.2. The molecule has 1 aromatic carbocycles. The second-order valence-corrected chi connectivity index (χ2v) is 3.88. The van der Waals surface area contributed by atoms with Gasteiger partial charge in [0.2, 0.25) is 0 Å². The zero-order valence-electron chi connectivity index (χ0n) is 8.04. The molecule has 5 heteroatoms. The number of carbonyl (C=O) groups excluding carboxylic acids is 1. The maximum absolute atomic E-state index is 11.7. The lowest BCUT2D eigenvalue weighted by Crippen LogP contribution is -2.32. The first-order valence-electron chi connectivity index (χ1n) is 4.03. The Morgan fingerprint density at radius 1 is 1.36 bits per heavy atom. The normalized spacial score (nSPS) is 10.3. The van der Waals surface area contributed by atoms with Crippen LogP contribution < -0.4 is 0 Å². The van der Waals surface area contributed by atoms with E-state index in [-0.39, 0.29) is 5.91 Å². The molecule has 0 fully saturated rings. The van der Waals surface area contributed by atoms with E-state index in [9.17, 15) is 4.79 Å². The molecule has 0 saturated carbocycles. The molecule has 0 aliphatic heterocycles. The lowest BCUT2D eigenvalue weighted by molar-refractivity contribution is 0.0747. The van der Waals surface area contributed by atoms with Gasteiger partial charge in [0.25, 0.3) is 5.91 Å². The molecule has 1 rings (SSSR count). The summed E-state index contributed by atoms with van der Waals surface area (Å²) in [7, 11) is 1.78. The lowest BCUT2D eigenvalue weighted by Gasteiger charge is -2.23. The highest BCUT2D eigenvalue weighted by molar-refractivity contribution is 7.96. The molecule has 0 radical (unpaired) electrons. The van der Waals surface area contributed by atoms with E-state index in [0.29, 0.717) is 5.56 Å². The third-order valence-electron chi connectivity index (χ3n) is 1.73. The molecule has 14 heavy (non-hydrogen) atoms. The summed E-state index contributed by atoms with van der Waals surface area (Å²) in [4.78, 5) is 11.7. The zero-order chi connectivity index (χ0) is 10.6. The van der Waals surface area contributed by atoms with Crippen molar-refractivity contribution in [1.82, 2.24) is 8.83 Å². The van der Waals surface area contributed by atoms with E-state index in [1.807, 2.05) is 24.5 Å². The van der Waals surface area contributed by atoms with Gasteiger partial charge in [-0.1, -0.05) is 30.1 Å². The van der Waals surface area contributed by atoms with Crippen LogP contribution >= 0.6 is 24.8 Å². The smallest absolute Gasteiger partial charge is 0.267 e. The molecule has 0 aliphatic carbocycles. The number of carbonyl (C=O) groups is 1. The van der Waals surface area contributed by atoms with Gasteiger partial charge in [-0.2, -0.15) is 4.41 Å². The molecule has 0 spiro atoms. The minimum Gasteiger partial charge on any atom is -0.267 e. The Morgan fingerprint density at radius 2 is 1.93 bits per heavy atom. The number of hydrazine groups is 1. The third kappa shape index (κ3) is 2.67. The predicted octanol–water partition coefficient (Wildman–Crippen LogP) is 2.10. The van der Waals surface area contributed by atoms with E-state index in [2.05, 4.69) is 12.8 Å². The van der Waals surface area contributed by atoms with Gasteiger partial charge in [0.1, 0.15) is 0 Å². The van der Waals surface area contributed by atoms with Crippen LogP contribution in [0.4, 0.5) is 0 Å². The Morgan fingerprint density at radius 3 is 2.43 bits per heavy atom. The summed E-state index contributed by atoms with van der Waals surface area (Å²) in [6.45, 7) is 0. The van der Waals surface area contributed by atoms with Gasteiger partial charge < -0.3 is 0 Å². The third-order valence-corrected chi connectivity index (χ3v) is 3.00. The number of rotatable bonds is 3. The van der Waals surface area contributed by atoms with Crippen LogP contribution in [0.2, 0.25) is 0 Å². The second-order valence-electron chi connectivity index (χ2n) is 2.61. The van der Waals surface area contributed by atoms with Crippen molar-refractivity contribution in [1.29, 1.82) is 0 Å². The van der Waals surface area contributed by atoms with Crippen molar-refractivity contribution >= 4 is 30.7 Å². The standard InChI is InChI=1S/C9H12N2OS2/c1-10(14-2)11(13)9(12)8-6-4-3-5-7-8/h3-7,13H,1-2H3. The summed E-state index contributed by atoms with van der Waals surface area (Å²) in [6.07, 6.45) is 1.88. The van der Waals surface area contributed by atoms with Crippen molar-refractivity contribution in [2.24, 2.45) is 0 Å². The molecule has 0 bridgehead atoms. The number of nitrogens with zero attached hydrogens (tertiary/aromatic N) is 2. The fraction of sp³-hybridized carbons (Fsp3) is 0.222. The van der Waals surface area contributed by atoms with E-state index in [1.54, 1.807) is 23.6 Å². The van der Waals surface area contributed by atoms with Crippen LogP contribution in [0, 0.1) is 0 Å². The predicted molar refractivity (Wildman–Crippen MR) is 62.9 cm³/mol. The average molecular weight is 228 g/mol. The number of amides is 1. The van der Waals surface area contributed by atoms with E-state index < -0.39 is 0 Å². The molecular weight excluding hydrogens is 216 g/mol. The van der Waals surface area contributed by atoms with Gasteiger partial charge in [-0.15, -0.1) is 0 Å². The fourth-order valence-corrected chi connectivity index (χ4v) is 1.46. The van der Waals surface area contributed by atoms with Crippen molar-refractivity contribution in [3.8, 4) is 0 Å². The van der Waals surface area contributed by atoms with Gasteiger partial charge in [0, 0.05) is 12.6 Å². The molecular formula is C9H12N2OS2. The summed E-state index contributed by atoms with van der Waals surface area (Å²) in [5.41, 5.74) is 0.628. The Kier molecular flexibility index (Phi) is 4.31. The number of hydrogen-bond acceptors (Lipinski definition) is 4. The van der Waals surface area contributed by atoms with Crippen molar-refractivity contribution in [2.75, 3.05) is 13.3 Å². The molecule has 0 N–H and O–H groups in total. The molecule has 3 nitrogen and oxygen atoms in total. The Hall–Kier alpha value is -0.650. The first-order chi connectivity index (χ1) is 6.66. The van der Waals surface area contributed by atoms with E-state index in [0.717, 1.165) is 0 Å². The summed E-state index contributed by atoms with van der Waals surface area (Å²) < 4.78 is 2.93. The van der Waals surface area contributed by atoms with Crippen LogP contribution in [0.25, 0.3) is 0 Å². The minimum atomic E-state index is -0.134. The average Bonchev–Trinajstić information content (AvgIpc) is 2.27. The first-order valence-corrected chi connectivity index (χ1v) is 5.61. The molecule has 0 atom stereocenters. The Labute approximate surface area is 93.7 Å². The van der Waals surface area contributed by atoms with Crippen LogP contribution in [0.5, 0.6) is 0 Å². The van der Waals surface area contributed by atoms with Crippen LogP contribution in [0.1, 0.15) is 10.4 Å². The topological polar surface area (TPSA) is 23.6 Å². The number of benzene rings is 1. The molecule has 1 aromatic rings. The van der Waals surface area contributed by atoms with Crippen molar-refractivity contribution in [3.63, 3.8) is 0 Å². The summed E-state index contributed by atoms with van der Waals surface area (Å²) in [5, 5.41) is 0. The van der Waals surface area contributed by atoms with Crippen LogP contribution in [-0.2, 0) is 0 Å². The van der Waals surface area contributed by atoms with Crippen molar-refractivity contribution in [3.05, 3.63) is 35.9 Å². The SMILES string of the molecule is CSN(C)N(S)C(=O)c1ccccc1. The van der Waals surface area contributed by atoms with Crippen LogP contribution in [0.3, 0.4) is 0 Å². The van der Waals surface area contributed by atoms with Crippen LogP contribution in [-0.4, -0.2) is 28.0 Å². The number of hydrogen-bond donors (Lipinski definition) is 1.